The van der Waals surface area contributed by atoms with E-state index < -0.39 is 0 Å². The molecule has 0 aliphatic heterocycles. The lowest BCUT2D eigenvalue weighted by molar-refractivity contribution is -0.0979. The molecule has 0 radical (unpaired) electrons. The van der Waals surface area contributed by atoms with Gasteiger partial charge in [-0.25, -0.2) is 0 Å². The maximum absolute atomic E-state index is 5.75. The third-order valence-corrected chi connectivity index (χ3v) is 3.76. The second-order valence-corrected chi connectivity index (χ2v) is 4.82. The SMILES string of the molecule is CCNC(Cc1cn(C)nn1)C1(OC)CCC1. The smallest absolute Gasteiger partial charge is 0.0843 e. The van der Waals surface area contributed by atoms with Crippen molar-refractivity contribution in [3.8, 4) is 0 Å². The van der Waals surface area contributed by atoms with Gasteiger partial charge in [0.05, 0.1) is 11.3 Å². The Morgan fingerprint density at radius 3 is 2.76 bits per heavy atom. The monoisotopic (exact) mass is 238 g/mol. The molecule has 0 bridgehead atoms. The number of likely N-dealkylation sites (N-methyl/N-ethyl adjacent to an activating group) is 1. The highest BCUT2D eigenvalue weighted by molar-refractivity contribution is 5.06. The molecule has 5 nitrogen and oxygen atoms in total. The van der Waals surface area contributed by atoms with Crippen LogP contribution in [0.3, 0.4) is 0 Å². The fourth-order valence-corrected chi connectivity index (χ4v) is 2.61. The highest BCUT2D eigenvalue weighted by Gasteiger charge is 2.44. The summed E-state index contributed by atoms with van der Waals surface area (Å²) >= 11 is 0. The van der Waals surface area contributed by atoms with Crippen LogP contribution in [-0.4, -0.2) is 40.3 Å². The van der Waals surface area contributed by atoms with Crippen molar-refractivity contribution in [1.82, 2.24) is 20.3 Å². The van der Waals surface area contributed by atoms with Crippen LogP contribution in [0.1, 0.15) is 31.9 Å². The van der Waals surface area contributed by atoms with Crippen LogP contribution >= 0.6 is 0 Å². The Morgan fingerprint density at radius 2 is 2.35 bits per heavy atom. The van der Waals surface area contributed by atoms with Crippen LogP contribution in [0.15, 0.2) is 6.20 Å². The minimum Gasteiger partial charge on any atom is -0.377 e. The van der Waals surface area contributed by atoms with Gasteiger partial charge in [-0.15, -0.1) is 5.10 Å². The molecule has 1 unspecified atom stereocenters. The van der Waals surface area contributed by atoms with Crippen LogP contribution in [0.25, 0.3) is 0 Å². The van der Waals surface area contributed by atoms with E-state index in [1.165, 1.54) is 6.42 Å². The van der Waals surface area contributed by atoms with Gasteiger partial charge in [0.1, 0.15) is 0 Å². The standard InChI is InChI=1S/C12H22N4O/c1-4-13-11(12(17-3)6-5-7-12)8-10-9-16(2)15-14-10/h9,11,13H,4-8H2,1-3H3. The van der Waals surface area contributed by atoms with Crippen molar-refractivity contribution in [1.29, 1.82) is 0 Å². The van der Waals surface area contributed by atoms with Crippen LogP contribution < -0.4 is 5.32 Å². The van der Waals surface area contributed by atoms with E-state index in [9.17, 15) is 0 Å². The molecule has 1 heterocycles. The lowest BCUT2D eigenvalue weighted by Gasteiger charge is -2.46. The fraction of sp³-hybridized carbons (Fsp3) is 0.833. The Labute approximate surface area is 103 Å². The van der Waals surface area contributed by atoms with Crippen LogP contribution in [0, 0.1) is 0 Å². The van der Waals surface area contributed by atoms with Crippen molar-refractivity contribution >= 4 is 0 Å². The van der Waals surface area contributed by atoms with Gasteiger partial charge in [-0.05, 0) is 25.8 Å². The molecule has 0 aromatic carbocycles. The zero-order valence-corrected chi connectivity index (χ0v) is 10.9. The molecule has 0 saturated heterocycles. The van der Waals surface area contributed by atoms with Gasteiger partial charge in [0, 0.05) is 32.8 Å². The molecule has 5 heteroatoms. The molecule has 0 amide bonds. The molecule has 1 aliphatic rings. The van der Waals surface area contributed by atoms with Gasteiger partial charge in [0.15, 0.2) is 0 Å². The predicted molar refractivity (Wildman–Crippen MR) is 65.8 cm³/mol. The van der Waals surface area contributed by atoms with Crippen molar-refractivity contribution in [2.24, 2.45) is 7.05 Å². The number of ether oxygens (including phenoxy) is 1. The van der Waals surface area contributed by atoms with Crippen molar-refractivity contribution in [2.75, 3.05) is 13.7 Å². The topological polar surface area (TPSA) is 52.0 Å². The first-order valence-electron chi connectivity index (χ1n) is 6.34. The van der Waals surface area contributed by atoms with E-state index in [2.05, 4.69) is 22.6 Å². The van der Waals surface area contributed by atoms with E-state index in [1.807, 2.05) is 20.4 Å². The molecule has 1 aromatic heterocycles. The van der Waals surface area contributed by atoms with Crippen molar-refractivity contribution in [3.05, 3.63) is 11.9 Å². The van der Waals surface area contributed by atoms with Gasteiger partial charge in [0.2, 0.25) is 0 Å². The van der Waals surface area contributed by atoms with Crippen molar-refractivity contribution in [2.45, 2.75) is 44.2 Å². The Morgan fingerprint density at radius 1 is 1.59 bits per heavy atom. The predicted octanol–water partition coefficient (Wildman–Crippen LogP) is 0.905. The van der Waals surface area contributed by atoms with Gasteiger partial charge < -0.3 is 10.1 Å². The number of hydrogen-bond donors (Lipinski definition) is 1. The van der Waals surface area contributed by atoms with E-state index in [0.29, 0.717) is 6.04 Å². The first-order valence-corrected chi connectivity index (χ1v) is 6.34. The zero-order valence-electron chi connectivity index (χ0n) is 10.9. The van der Waals surface area contributed by atoms with Crippen LogP contribution in [-0.2, 0) is 18.2 Å². The van der Waals surface area contributed by atoms with Gasteiger partial charge >= 0.3 is 0 Å². The molecule has 1 aliphatic carbocycles. The molecule has 2 rings (SSSR count). The molecule has 1 atom stereocenters. The summed E-state index contributed by atoms with van der Waals surface area (Å²) in [4.78, 5) is 0. The van der Waals surface area contributed by atoms with E-state index in [-0.39, 0.29) is 5.60 Å². The second kappa shape index (κ2) is 5.14. The largest absolute Gasteiger partial charge is 0.377 e. The Bertz CT molecular complexity index is 354. The summed E-state index contributed by atoms with van der Waals surface area (Å²) in [6.45, 7) is 3.09. The molecule has 0 spiro atoms. The number of aryl methyl sites for hydroxylation is 1. The zero-order chi connectivity index (χ0) is 12.3. The van der Waals surface area contributed by atoms with Gasteiger partial charge in [-0.3, -0.25) is 4.68 Å². The molecule has 1 fully saturated rings. The van der Waals surface area contributed by atoms with Gasteiger partial charge in [-0.2, -0.15) is 0 Å². The second-order valence-electron chi connectivity index (χ2n) is 4.82. The number of methoxy groups -OCH3 is 1. The van der Waals surface area contributed by atoms with Crippen LogP contribution in [0.5, 0.6) is 0 Å². The van der Waals surface area contributed by atoms with Crippen molar-refractivity contribution in [3.63, 3.8) is 0 Å². The Balaban J connectivity index is 2.06. The summed E-state index contributed by atoms with van der Waals surface area (Å²) in [5, 5.41) is 11.7. The molecule has 17 heavy (non-hydrogen) atoms. The number of hydrogen-bond acceptors (Lipinski definition) is 4. The van der Waals surface area contributed by atoms with Crippen molar-refractivity contribution < 1.29 is 4.74 Å². The lowest BCUT2D eigenvalue weighted by Crippen LogP contribution is -2.57. The van der Waals surface area contributed by atoms with E-state index in [0.717, 1.165) is 31.5 Å². The third-order valence-electron chi connectivity index (χ3n) is 3.76. The Kier molecular flexibility index (Phi) is 3.79. The summed E-state index contributed by atoms with van der Waals surface area (Å²) in [7, 11) is 3.72. The van der Waals surface area contributed by atoms with E-state index >= 15 is 0 Å². The minimum atomic E-state index is 0.00747. The van der Waals surface area contributed by atoms with Gasteiger partial charge in [0.25, 0.3) is 0 Å². The van der Waals surface area contributed by atoms with E-state index in [1.54, 1.807) is 4.68 Å². The summed E-state index contributed by atoms with van der Waals surface area (Å²) < 4.78 is 7.50. The number of rotatable bonds is 6. The Hall–Kier alpha value is -0.940. The summed E-state index contributed by atoms with van der Waals surface area (Å²) in [5.74, 6) is 0. The molecule has 1 N–H and O–H groups in total. The highest BCUT2D eigenvalue weighted by atomic mass is 16.5. The minimum absolute atomic E-state index is 0.00747. The number of nitrogens with one attached hydrogen (secondary N) is 1. The number of aromatic nitrogens is 3. The summed E-state index contributed by atoms with van der Waals surface area (Å²) in [6, 6.07) is 0.336. The highest BCUT2D eigenvalue weighted by Crippen LogP contribution is 2.39. The number of nitrogens with zero attached hydrogens (tertiary/aromatic N) is 3. The van der Waals surface area contributed by atoms with Crippen LogP contribution in [0.2, 0.25) is 0 Å². The first-order chi connectivity index (χ1) is 8.20. The quantitative estimate of drug-likeness (QED) is 0.800. The summed E-state index contributed by atoms with van der Waals surface area (Å²) in [6.07, 6.45) is 6.40. The molecular formula is C12H22N4O. The molecule has 1 aromatic rings. The molecular weight excluding hydrogens is 216 g/mol. The van der Waals surface area contributed by atoms with Crippen LogP contribution in [0.4, 0.5) is 0 Å². The maximum Gasteiger partial charge on any atom is 0.0843 e. The van der Waals surface area contributed by atoms with E-state index in [4.69, 9.17) is 4.74 Å². The van der Waals surface area contributed by atoms with Gasteiger partial charge in [-0.1, -0.05) is 12.1 Å². The maximum atomic E-state index is 5.75. The average molecular weight is 238 g/mol. The average Bonchev–Trinajstić information content (AvgIpc) is 2.63. The molecule has 1 saturated carbocycles. The lowest BCUT2D eigenvalue weighted by atomic mass is 9.73. The first kappa shape index (κ1) is 12.5. The molecule has 96 valence electrons. The third kappa shape index (κ3) is 2.50. The fourth-order valence-electron chi connectivity index (χ4n) is 2.61. The summed E-state index contributed by atoms with van der Waals surface area (Å²) in [5.41, 5.74) is 1.04. The normalized spacial score (nSPS) is 19.9.